The highest BCUT2D eigenvalue weighted by atomic mass is 32.1. The van der Waals surface area contributed by atoms with Gasteiger partial charge >= 0.3 is 0 Å². The number of aryl methyl sites for hydroxylation is 2. The first-order valence-electron chi connectivity index (χ1n) is 5.30. The minimum atomic E-state index is -0.329. The summed E-state index contributed by atoms with van der Waals surface area (Å²) >= 11 is 4.59. The van der Waals surface area contributed by atoms with Crippen molar-refractivity contribution < 1.29 is 9.59 Å². The van der Waals surface area contributed by atoms with Crippen LogP contribution in [0.3, 0.4) is 0 Å². The molecule has 0 saturated carbocycles. The third kappa shape index (κ3) is 2.01. The largest absolute Gasteiger partial charge is 0.269 e. The monoisotopic (exact) mass is 258 g/mol. The van der Waals surface area contributed by atoms with Gasteiger partial charge in [0.1, 0.15) is 0 Å². The zero-order valence-corrected chi connectivity index (χ0v) is 10.7. The van der Waals surface area contributed by atoms with Crippen molar-refractivity contribution in [3.05, 3.63) is 35.4 Å². The van der Waals surface area contributed by atoms with Crippen LogP contribution in [0.25, 0.3) is 0 Å². The number of aliphatic imine (C=N–C) groups is 1. The summed E-state index contributed by atoms with van der Waals surface area (Å²) in [6.45, 7) is 3.70. The Hall–Kier alpha value is -2.10. The van der Waals surface area contributed by atoms with E-state index in [-0.39, 0.29) is 11.8 Å². The van der Waals surface area contributed by atoms with E-state index < -0.39 is 0 Å². The van der Waals surface area contributed by atoms with Gasteiger partial charge in [-0.2, -0.15) is 4.99 Å². The fourth-order valence-electron chi connectivity index (χ4n) is 1.94. The number of carbonyl (C=O) groups excluding carboxylic acids is 2. The number of anilines is 1. The fraction of sp³-hybridized carbons (Fsp3) is 0.154. The molecular formula is C13H10N2O2S. The third-order valence-electron chi connectivity index (χ3n) is 2.70. The number of carbonyl (C=O) groups is 2. The molecule has 4 nitrogen and oxygen atoms in total. The van der Waals surface area contributed by atoms with E-state index in [1.807, 2.05) is 13.8 Å². The molecule has 0 bridgehead atoms. The predicted octanol–water partition coefficient (Wildman–Crippen LogP) is 2.47. The molecule has 0 aliphatic carbocycles. The second-order valence-electron chi connectivity index (χ2n) is 3.98. The van der Waals surface area contributed by atoms with Gasteiger partial charge in [0, 0.05) is 12.2 Å². The number of thiocarbonyl (C=S) groups is 1. The van der Waals surface area contributed by atoms with Crippen molar-refractivity contribution in [2.24, 2.45) is 4.99 Å². The smallest absolute Gasteiger partial charge is 0.258 e. The van der Waals surface area contributed by atoms with Gasteiger partial charge < -0.3 is 0 Å². The van der Waals surface area contributed by atoms with Crippen molar-refractivity contribution in [2.45, 2.75) is 13.8 Å². The molecule has 0 unspecified atom stereocenters. The Balaban J connectivity index is 2.52. The molecule has 0 N–H and O–H groups in total. The zero-order valence-electron chi connectivity index (χ0n) is 9.93. The molecule has 1 aromatic carbocycles. The first kappa shape index (κ1) is 12.4. The minimum absolute atomic E-state index is 0.329. The van der Waals surface area contributed by atoms with Crippen molar-refractivity contribution in [1.82, 2.24) is 0 Å². The normalized spacial score (nSPS) is 14.0. The molecule has 0 saturated heterocycles. The fourth-order valence-corrected chi connectivity index (χ4v) is 2.03. The summed E-state index contributed by atoms with van der Waals surface area (Å²) in [5.74, 6) is -0.658. The van der Waals surface area contributed by atoms with Crippen LogP contribution >= 0.6 is 12.2 Å². The average Bonchev–Trinajstić information content (AvgIpc) is 2.63. The molecule has 0 aromatic heterocycles. The maximum atomic E-state index is 11.6. The first-order chi connectivity index (χ1) is 8.54. The van der Waals surface area contributed by atoms with Crippen LogP contribution in [0.1, 0.15) is 11.1 Å². The van der Waals surface area contributed by atoms with Crippen molar-refractivity contribution in [2.75, 3.05) is 4.90 Å². The van der Waals surface area contributed by atoms with Gasteiger partial charge in [0.15, 0.2) is 0 Å². The Morgan fingerprint density at radius 1 is 1.11 bits per heavy atom. The quantitative estimate of drug-likeness (QED) is 0.465. The lowest BCUT2D eigenvalue weighted by molar-refractivity contribution is -0.119. The van der Waals surface area contributed by atoms with Gasteiger partial charge in [-0.05, 0) is 49.3 Å². The molecule has 2 rings (SSSR count). The van der Waals surface area contributed by atoms with Gasteiger partial charge in [0.25, 0.3) is 11.8 Å². The lowest BCUT2D eigenvalue weighted by Gasteiger charge is -2.16. The van der Waals surface area contributed by atoms with E-state index >= 15 is 0 Å². The number of hydrogen-bond acceptors (Lipinski definition) is 4. The molecule has 0 spiro atoms. The van der Waals surface area contributed by atoms with Crippen LogP contribution in [-0.2, 0) is 9.59 Å². The molecule has 90 valence electrons. The molecular weight excluding hydrogens is 248 g/mol. The molecule has 1 heterocycles. The average molecular weight is 258 g/mol. The van der Waals surface area contributed by atoms with Gasteiger partial charge in [-0.3, -0.25) is 9.59 Å². The van der Waals surface area contributed by atoms with Gasteiger partial charge in [0.2, 0.25) is 0 Å². The van der Waals surface area contributed by atoms with Crippen LogP contribution in [0.4, 0.5) is 11.4 Å². The standard InChI is InChI=1S/C13H10N2O2S/c1-8-5-10(6-9(2)13(8)14-7-18)15-11(16)3-4-12(15)17/h3-6H,1-2H3. The molecule has 1 aromatic rings. The van der Waals surface area contributed by atoms with Gasteiger partial charge in [0.05, 0.1) is 16.5 Å². The lowest BCUT2D eigenvalue weighted by atomic mass is 10.1. The molecule has 0 atom stereocenters. The number of hydrogen-bond donors (Lipinski definition) is 0. The van der Waals surface area contributed by atoms with Crippen LogP contribution in [0.2, 0.25) is 0 Å². The number of imide groups is 1. The van der Waals surface area contributed by atoms with Crippen LogP contribution in [-0.4, -0.2) is 17.0 Å². The summed E-state index contributed by atoms with van der Waals surface area (Å²) in [6.07, 6.45) is 2.52. The van der Waals surface area contributed by atoms with Crippen molar-refractivity contribution >= 4 is 40.6 Å². The van der Waals surface area contributed by atoms with Gasteiger partial charge in [-0.15, -0.1) is 0 Å². The lowest BCUT2D eigenvalue weighted by Crippen LogP contribution is -2.29. The van der Waals surface area contributed by atoms with E-state index in [2.05, 4.69) is 22.4 Å². The highest BCUT2D eigenvalue weighted by Crippen LogP contribution is 2.30. The van der Waals surface area contributed by atoms with Crippen LogP contribution < -0.4 is 4.90 Å². The molecule has 0 fully saturated rings. The second kappa shape index (κ2) is 4.64. The summed E-state index contributed by atoms with van der Waals surface area (Å²) in [4.78, 5) is 28.3. The van der Waals surface area contributed by atoms with E-state index in [1.54, 1.807) is 12.1 Å². The van der Waals surface area contributed by atoms with E-state index in [9.17, 15) is 9.59 Å². The highest BCUT2D eigenvalue weighted by Gasteiger charge is 2.25. The summed E-state index contributed by atoms with van der Waals surface area (Å²) in [7, 11) is 0. The van der Waals surface area contributed by atoms with E-state index in [1.165, 1.54) is 12.2 Å². The minimum Gasteiger partial charge on any atom is -0.269 e. The summed E-state index contributed by atoms with van der Waals surface area (Å²) < 4.78 is 0. The van der Waals surface area contributed by atoms with Crippen LogP contribution in [0.5, 0.6) is 0 Å². The number of rotatable bonds is 2. The summed E-state index contributed by atoms with van der Waals surface area (Å²) in [5.41, 5.74) is 2.96. The molecule has 0 radical (unpaired) electrons. The first-order valence-corrected chi connectivity index (χ1v) is 5.70. The molecule has 18 heavy (non-hydrogen) atoms. The SMILES string of the molecule is Cc1cc(N2C(=O)C=CC2=O)cc(C)c1N=C=S. The van der Waals surface area contributed by atoms with Gasteiger partial charge in [-0.1, -0.05) is 0 Å². The zero-order chi connectivity index (χ0) is 13.3. The number of amides is 2. The maximum Gasteiger partial charge on any atom is 0.258 e. The Kier molecular flexibility index (Phi) is 3.19. The summed E-state index contributed by atoms with van der Waals surface area (Å²) in [5, 5.41) is 2.32. The second-order valence-corrected chi connectivity index (χ2v) is 4.16. The number of benzene rings is 1. The molecule has 1 aliphatic heterocycles. The molecule has 1 aliphatic rings. The van der Waals surface area contributed by atoms with E-state index in [0.717, 1.165) is 21.7 Å². The topological polar surface area (TPSA) is 49.7 Å². The van der Waals surface area contributed by atoms with Gasteiger partial charge in [-0.25, -0.2) is 4.90 Å². The molecule has 5 heteroatoms. The van der Waals surface area contributed by atoms with Crippen LogP contribution in [0.15, 0.2) is 29.3 Å². The summed E-state index contributed by atoms with van der Waals surface area (Å²) in [6, 6.07) is 3.47. The maximum absolute atomic E-state index is 11.6. The highest BCUT2D eigenvalue weighted by molar-refractivity contribution is 7.78. The number of isothiocyanates is 1. The van der Waals surface area contributed by atoms with Crippen molar-refractivity contribution in [1.29, 1.82) is 0 Å². The Morgan fingerprint density at radius 3 is 2.06 bits per heavy atom. The van der Waals surface area contributed by atoms with E-state index in [4.69, 9.17) is 0 Å². The number of nitrogens with zero attached hydrogens (tertiary/aromatic N) is 2. The predicted molar refractivity (Wildman–Crippen MR) is 72.2 cm³/mol. The van der Waals surface area contributed by atoms with E-state index in [0.29, 0.717) is 5.69 Å². The van der Waals surface area contributed by atoms with Crippen LogP contribution in [0, 0.1) is 13.8 Å². The Bertz CT molecular complexity index is 587. The van der Waals surface area contributed by atoms with Crippen molar-refractivity contribution in [3.8, 4) is 0 Å². The molecule has 2 amide bonds. The Labute approximate surface area is 110 Å². The third-order valence-corrected chi connectivity index (χ3v) is 2.79. The van der Waals surface area contributed by atoms with Crippen molar-refractivity contribution in [3.63, 3.8) is 0 Å². The Morgan fingerprint density at radius 2 is 1.61 bits per heavy atom.